The van der Waals surface area contributed by atoms with E-state index in [2.05, 4.69) is 5.10 Å². The third kappa shape index (κ3) is 3.56. The average Bonchev–Trinajstić information content (AvgIpc) is 3.04. The summed E-state index contributed by atoms with van der Waals surface area (Å²) in [5.41, 5.74) is 2.02. The summed E-state index contributed by atoms with van der Waals surface area (Å²) >= 11 is 5.83. The first-order valence-electron chi connectivity index (χ1n) is 8.02. The molecule has 6 nitrogen and oxygen atoms in total. The van der Waals surface area contributed by atoms with Crippen molar-refractivity contribution in [2.24, 2.45) is 0 Å². The van der Waals surface area contributed by atoms with E-state index in [0.29, 0.717) is 22.0 Å². The van der Waals surface area contributed by atoms with Crippen molar-refractivity contribution in [3.8, 4) is 34.4 Å². The first-order valence-corrected chi connectivity index (χ1v) is 8.40. The van der Waals surface area contributed by atoms with Crippen molar-refractivity contribution in [3.63, 3.8) is 0 Å². The van der Waals surface area contributed by atoms with E-state index in [9.17, 15) is 9.90 Å². The molecule has 134 valence electrons. The summed E-state index contributed by atoms with van der Waals surface area (Å²) in [6.07, 6.45) is -0.174. The molecule has 4 rings (SSSR count). The van der Waals surface area contributed by atoms with Crippen molar-refractivity contribution in [2.45, 2.75) is 0 Å². The van der Waals surface area contributed by atoms with E-state index in [-0.39, 0.29) is 11.8 Å². The van der Waals surface area contributed by atoms with Crippen molar-refractivity contribution in [1.29, 1.82) is 0 Å². The molecule has 0 radical (unpaired) electrons. The van der Waals surface area contributed by atoms with E-state index in [4.69, 9.17) is 20.8 Å². The second-order valence-corrected chi connectivity index (χ2v) is 6.10. The number of ether oxygens (including phenoxy) is 1. The quantitative estimate of drug-likeness (QED) is 0.558. The zero-order valence-electron chi connectivity index (χ0n) is 13.9. The molecule has 0 saturated carbocycles. The van der Waals surface area contributed by atoms with Gasteiger partial charge in [-0.15, -0.1) is 0 Å². The van der Waals surface area contributed by atoms with Gasteiger partial charge in [-0.05, 0) is 48.0 Å². The summed E-state index contributed by atoms with van der Waals surface area (Å²) in [7, 11) is 0. The van der Waals surface area contributed by atoms with Crippen LogP contribution in [0.4, 0.5) is 0 Å². The number of rotatable bonds is 4. The molecule has 0 spiro atoms. The molecule has 0 aliphatic rings. The first-order chi connectivity index (χ1) is 13.1. The number of aromatic hydroxyl groups is 1. The van der Waals surface area contributed by atoms with Gasteiger partial charge >= 0.3 is 11.8 Å². The van der Waals surface area contributed by atoms with Gasteiger partial charge in [0.05, 0.1) is 5.69 Å². The lowest BCUT2D eigenvalue weighted by atomic mass is 10.0. The topological polar surface area (TPSA) is 77.5 Å². The summed E-state index contributed by atoms with van der Waals surface area (Å²) in [6, 6.07) is 20.6. The van der Waals surface area contributed by atoms with Crippen LogP contribution >= 0.6 is 11.6 Å². The Morgan fingerprint density at radius 2 is 1.67 bits per heavy atom. The lowest BCUT2D eigenvalue weighted by Gasteiger charge is -2.05. The number of phenolic OH excluding ortho intramolecular Hbond substituents is 1. The summed E-state index contributed by atoms with van der Waals surface area (Å²) in [4.78, 5) is 12.1. The molecule has 27 heavy (non-hydrogen) atoms. The molecule has 0 amide bonds. The number of nitrogens with zero attached hydrogens (tertiary/aromatic N) is 2. The number of hydrogen-bond donors (Lipinski definition) is 1. The predicted molar refractivity (Wildman–Crippen MR) is 101 cm³/mol. The van der Waals surface area contributed by atoms with Crippen LogP contribution in [-0.2, 0) is 0 Å². The van der Waals surface area contributed by atoms with Gasteiger partial charge in [0.15, 0.2) is 0 Å². The number of para-hydroxylation sites is 1. The molecule has 4 aromatic rings. The molecule has 0 fully saturated rings. The smallest absolute Gasteiger partial charge is 0.444 e. The Morgan fingerprint density at radius 3 is 2.37 bits per heavy atom. The third-order valence-corrected chi connectivity index (χ3v) is 4.13. The van der Waals surface area contributed by atoms with Crippen molar-refractivity contribution in [3.05, 3.63) is 88.4 Å². The molecule has 1 aromatic heterocycles. The van der Waals surface area contributed by atoms with Crippen LogP contribution in [0.1, 0.15) is 0 Å². The molecule has 0 saturated heterocycles. The van der Waals surface area contributed by atoms with Crippen molar-refractivity contribution in [2.75, 3.05) is 0 Å². The van der Waals surface area contributed by atoms with Crippen LogP contribution in [0.25, 0.3) is 16.8 Å². The maximum Gasteiger partial charge on any atom is 0.444 e. The molecule has 0 aliphatic heterocycles. The average molecular weight is 381 g/mol. The van der Waals surface area contributed by atoms with E-state index in [1.54, 1.807) is 60.7 Å². The highest BCUT2D eigenvalue weighted by atomic mass is 35.5. The van der Waals surface area contributed by atoms with E-state index in [1.165, 1.54) is 0 Å². The standard InChI is InChI=1S/C20H13ClN2O4/c21-14-7-11-16(12-8-14)26-19-22-23(20(25)27-19)15-9-5-13(6-10-15)17-3-1-2-4-18(17)24/h1-12,24H. The maximum absolute atomic E-state index is 12.1. The highest BCUT2D eigenvalue weighted by Crippen LogP contribution is 2.29. The minimum Gasteiger partial charge on any atom is -0.507 e. The molecule has 0 bridgehead atoms. The zero-order valence-corrected chi connectivity index (χ0v) is 14.6. The second kappa shape index (κ2) is 7.01. The summed E-state index contributed by atoms with van der Waals surface area (Å²) in [5, 5.41) is 14.6. The Labute approximate surface area is 158 Å². The van der Waals surface area contributed by atoms with Crippen LogP contribution in [0.3, 0.4) is 0 Å². The van der Waals surface area contributed by atoms with Gasteiger partial charge in [0, 0.05) is 10.6 Å². The van der Waals surface area contributed by atoms with Crippen molar-refractivity contribution in [1.82, 2.24) is 9.78 Å². The highest BCUT2D eigenvalue weighted by Gasteiger charge is 2.12. The van der Waals surface area contributed by atoms with Gasteiger partial charge in [-0.3, -0.25) is 0 Å². The summed E-state index contributed by atoms with van der Waals surface area (Å²) in [6.45, 7) is 0. The van der Waals surface area contributed by atoms with Crippen LogP contribution in [0.2, 0.25) is 5.02 Å². The van der Waals surface area contributed by atoms with Gasteiger partial charge < -0.3 is 14.3 Å². The first kappa shape index (κ1) is 16.9. The van der Waals surface area contributed by atoms with Crippen LogP contribution in [0, 0.1) is 0 Å². The zero-order chi connectivity index (χ0) is 18.8. The van der Waals surface area contributed by atoms with E-state index >= 15 is 0 Å². The fourth-order valence-electron chi connectivity index (χ4n) is 2.57. The highest BCUT2D eigenvalue weighted by molar-refractivity contribution is 6.30. The van der Waals surface area contributed by atoms with Gasteiger partial charge in [-0.1, -0.05) is 47.0 Å². The number of hydrogen-bond acceptors (Lipinski definition) is 5. The molecular formula is C20H13ClN2O4. The molecule has 7 heteroatoms. The SMILES string of the molecule is O=c1oc(Oc2ccc(Cl)cc2)nn1-c1ccc(-c2ccccc2O)cc1. The van der Waals surface area contributed by atoms with Crippen molar-refractivity contribution < 1.29 is 14.3 Å². The van der Waals surface area contributed by atoms with Crippen LogP contribution in [-0.4, -0.2) is 14.9 Å². The Hall–Kier alpha value is -3.51. The molecule has 0 unspecified atom stereocenters. The fraction of sp³-hybridized carbons (Fsp3) is 0. The number of halogens is 1. The van der Waals surface area contributed by atoms with Crippen LogP contribution in [0.15, 0.2) is 82.0 Å². The molecule has 1 heterocycles. The largest absolute Gasteiger partial charge is 0.507 e. The monoisotopic (exact) mass is 380 g/mol. The number of benzene rings is 3. The van der Waals surface area contributed by atoms with Crippen LogP contribution in [0.5, 0.6) is 17.6 Å². The third-order valence-electron chi connectivity index (χ3n) is 3.87. The second-order valence-electron chi connectivity index (χ2n) is 5.67. The lowest BCUT2D eigenvalue weighted by Crippen LogP contribution is -2.13. The van der Waals surface area contributed by atoms with Gasteiger partial charge in [-0.2, -0.15) is 4.68 Å². The molecule has 0 atom stereocenters. The van der Waals surface area contributed by atoms with Gasteiger partial charge in [-0.25, -0.2) is 4.79 Å². The summed E-state index contributed by atoms with van der Waals surface area (Å²) < 4.78 is 11.6. The molecule has 0 aliphatic carbocycles. The number of phenols is 1. The lowest BCUT2D eigenvalue weighted by molar-refractivity contribution is 0.320. The molecular weight excluding hydrogens is 368 g/mol. The Morgan fingerprint density at radius 1 is 0.963 bits per heavy atom. The Kier molecular flexibility index (Phi) is 4.40. The van der Waals surface area contributed by atoms with Crippen LogP contribution < -0.4 is 10.5 Å². The van der Waals surface area contributed by atoms with E-state index < -0.39 is 5.76 Å². The Balaban J connectivity index is 1.60. The fourth-order valence-corrected chi connectivity index (χ4v) is 2.69. The minimum atomic E-state index is -0.672. The summed E-state index contributed by atoms with van der Waals surface area (Å²) in [5.74, 6) is -0.0422. The van der Waals surface area contributed by atoms with Gasteiger partial charge in [0.25, 0.3) is 0 Å². The van der Waals surface area contributed by atoms with E-state index in [1.807, 2.05) is 12.1 Å². The Bertz CT molecular complexity index is 1130. The van der Waals surface area contributed by atoms with Gasteiger partial charge in [0.1, 0.15) is 11.5 Å². The molecule has 3 aromatic carbocycles. The normalized spacial score (nSPS) is 10.7. The minimum absolute atomic E-state index is 0.174. The maximum atomic E-state index is 12.1. The molecule has 1 N–H and O–H groups in total. The predicted octanol–water partition coefficient (Wildman–Crippen LogP) is 4.64. The van der Waals surface area contributed by atoms with Crippen molar-refractivity contribution >= 4 is 11.6 Å². The van der Waals surface area contributed by atoms with E-state index in [0.717, 1.165) is 10.2 Å². The number of aromatic nitrogens is 2. The van der Waals surface area contributed by atoms with Gasteiger partial charge in [0.2, 0.25) is 0 Å².